The van der Waals surface area contributed by atoms with Crippen molar-refractivity contribution >= 4 is 5.91 Å². The van der Waals surface area contributed by atoms with E-state index in [9.17, 15) is 4.79 Å². The molecule has 0 unspecified atom stereocenters. The maximum Gasteiger partial charge on any atom is 0.268 e. The van der Waals surface area contributed by atoms with Gasteiger partial charge in [0.2, 0.25) is 0 Å². The van der Waals surface area contributed by atoms with Crippen molar-refractivity contribution < 1.29 is 4.79 Å². The van der Waals surface area contributed by atoms with Crippen molar-refractivity contribution in [2.45, 2.75) is 13.0 Å². The smallest absolute Gasteiger partial charge is 0.268 e. The Bertz CT molecular complexity index is 448. The number of aromatic amines is 1. The molecule has 2 aromatic rings. The molecule has 0 radical (unpaired) electrons. The van der Waals surface area contributed by atoms with Crippen molar-refractivity contribution in [2.24, 2.45) is 0 Å². The minimum absolute atomic E-state index is 0.0111. The van der Waals surface area contributed by atoms with Crippen LogP contribution in [0.4, 0.5) is 0 Å². The van der Waals surface area contributed by atoms with Crippen molar-refractivity contribution in [1.29, 1.82) is 0 Å². The van der Waals surface area contributed by atoms with E-state index in [2.05, 4.69) is 10.3 Å². The second-order valence-corrected chi connectivity index (χ2v) is 3.69. The third-order valence-corrected chi connectivity index (χ3v) is 2.49. The Balaban J connectivity index is 2.03. The summed E-state index contributed by atoms with van der Waals surface area (Å²) in [7, 11) is 0. The SMILES string of the molecule is C[C@@H](NC(=O)c1ccc[nH]1)c1ccccc1. The monoisotopic (exact) mass is 214 g/mol. The zero-order valence-electron chi connectivity index (χ0n) is 9.10. The predicted molar refractivity (Wildman–Crippen MR) is 63.1 cm³/mol. The molecule has 0 spiro atoms. The van der Waals surface area contributed by atoms with Crippen LogP contribution in [0, 0.1) is 0 Å². The van der Waals surface area contributed by atoms with Gasteiger partial charge in [-0.2, -0.15) is 0 Å². The van der Waals surface area contributed by atoms with Crippen LogP contribution in [0.1, 0.15) is 29.0 Å². The Morgan fingerprint density at radius 3 is 2.56 bits per heavy atom. The molecule has 0 saturated carbocycles. The van der Waals surface area contributed by atoms with Crippen molar-refractivity contribution in [3.63, 3.8) is 0 Å². The van der Waals surface area contributed by atoms with Gasteiger partial charge in [0, 0.05) is 6.20 Å². The highest BCUT2D eigenvalue weighted by Crippen LogP contribution is 2.11. The van der Waals surface area contributed by atoms with Gasteiger partial charge < -0.3 is 10.3 Å². The summed E-state index contributed by atoms with van der Waals surface area (Å²) in [5.74, 6) is -0.0821. The van der Waals surface area contributed by atoms with E-state index in [0.717, 1.165) is 5.56 Å². The zero-order valence-corrected chi connectivity index (χ0v) is 9.10. The topological polar surface area (TPSA) is 44.9 Å². The van der Waals surface area contributed by atoms with Gasteiger partial charge >= 0.3 is 0 Å². The molecule has 1 aromatic heterocycles. The van der Waals surface area contributed by atoms with Gasteiger partial charge in [-0.15, -0.1) is 0 Å². The van der Waals surface area contributed by atoms with Crippen molar-refractivity contribution in [1.82, 2.24) is 10.3 Å². The van der Waals surface area contributed by atoms with Crippen LogP contribution in [0.2, 0.25) is 0 Å². The van der Waals surface area contributed by atoms with Crippen molar-refractivity contribution in [3.05, 3.63) is 59.9 Å². The lowest BCUT2D eigenvalue weighted by Crippen LogP contribution is -2.26. The fourth-order valence-corrected chi connectivity index (χ4v) is 1.57. The first-order valence-electron chi connectivity index (χ1n) is 5.26. The van der Waals surface area contributed by atoms with Gasteiger partial charge in [0.1, 0.15) is 5.69 Å². The summed E-state index contributed by atoms with van der Waals surface area (Å²) in [5.41, 5.74) is 1.69. The molecule has 3 nitrogen and oxygen atoms in total. The van der Waals surface area contributed by atoms with Crippen molar-refractivity contribution in [3.8, 4) is 0 Å². The summed E-state index contributed by atoms with van der Waals surface area (Å²) in [6.45, 7) is 1.97. The first-order chi connectivity index (χ1) is 7.77. The summed E-state index contributed by atoms with van der Waals surface area (Å²) in [4.78, 5) is 14.6. The molecule has 0 bridgehead atoms. The molecular weight excluding hydrogens is 200 g/mol. The molecule has 2 rings (SSSR count). The molecule has 2 N–H and O–H groups in total. The average Bonchev–Trinajstić information content (AvgIpc) is 2.83. The quantitative estimate of drug-likeness (QED) is 0.810. The van der Waals surface area contributed by atoms with E-state index in [-0.39, 0.29) is 11.9 Å². The standard InChI is InChI=1S/C13H14N2O/c1-10(11-6-3-2-4-7-11)15-13(16)12-8-5-9-14-12/h2-10,14H,1H3,(H,15,16)/t10-/m1/s1. The van der Waals surface area contributed by atoms with E-state index < -0.39 is 0 Å². The Morgan fingerprint density at radius 2 is 1.94 bits per heavy atom. The second-order valence-electron chi connectivity index (χ2n) is 3.69. The molecule has 16 heavy (non-hydrogen) atoms. The van der Waals surface area contributed by atoms with Crippen LogP contribution in [-0.2, 0) is 0 Å². The Labute approximate surface area is 94.5 Å². The van der Waals surface area contributed by atoms with E-state index in [1.807, 2.05) is 43.3 Å². The summed E-state index contributed by atoms with van der Waals surface area (Å²) in [6.07, 6.45) is 1.74. The van der Waals surface area contributed by atoms with Crippen LogP contribution in [0.5, 0.6) is 0 Å². The predicted octanol–water partition coefficient (Wildman–Crippen LogP) is 2.51. The van der Waals surface area contributed by atoms with Gasteiger partial charge in [0.25, 0.3) is 5.91 Å². The molecule has 0 aliphatic rings. The second kappa shape index (κ2) is 4.66. The lowest BCUT2D eigenvalue weighted by molar-refractivity contribution is 0.0935. The number of rotatable bonds is 3. The molecule has 0 aliphatic carbocycles. The number of aromatic nitrogens is 1. The van der Waals surface area contributed by atoms with Crippen LogP contribution in [-0.4, -0.2) is 10.9 Å². The maximum absolute atomic E-state index is 11.7. The van der Waals surface area contributed by atoms with E-state index in [1.165, 1.54) is 0 Å². The lowest BCUT2D eigenvalue weighted by atomic mass is 10.1. The maximum atomic E-state index is 11.7. The Hall–Kier alpha value is -2.03. The third kappa shape index (κ3) is 2.31. The lowest BCUT2D eigenvalue weighted by Gasteiger charge is -2.13. The van der Waals surface area contributed by atoms with E-state index in [0.29, 0.717) is 5.69 Å². The van der Waals surface area contributed by atoms with Crippen LogP contribution in [0.15, 0.2) is 48.7 Å². The fraction of sp³-hybridized carbons (Fsp3) is 0.154. The fourth-order valence-electron chi connectivity index (χ4n) is 1.57. The summed E-state index contributed by atoms with van der Waals surface area (Å²) in [5, 5.41) is 2.93. The van der Waals surface area contributed by atoms with Crippen LogP contribution >= 0.6 is 0 Å². The van der Waals surface area contributed by atoms with Crippen LogP contribution in [0.3, 0.4) is 0 Å². The first-order valence-corrected chi connectivity index (χ1v) is 5.26. The van der Waals surface area contributed by atoms with Crippen molar-refractivity contribution in [2.75, 3.05) is 0 Å². The molecular formula is C13H14N2O. The molecule has 3 heteroatoms. The third-order valence-electron chi connectivity index (χ3n) is 2.49. The van der Waals surface area contributed by atoms with Gasteiger partial charge in [0.15, 0.2) is 0 Å². The Morgan fingerprint density at radius 1 is 1.19 bits per heavy atom. The number of hydrogen-bond donors (Lipinski definition) is 2. The van der Waals surface area contributed by atoms with Gasteiger partial charge in [-0.05, 0) is 24.6 Å². The number of hydrogen-bond acceptors (Lipinski definition) is 1. The highest BCUT2D eigenvalue weighted by molar-refractivity contribution is 5.92. The normalized spacial score (nSPS) is 12.1. The van der Waals surface area contributed by atoms with E-state index in [4.69, 9.17) is 0 Å². The summed E-state index contributed by atoms with van der Waals surface area (Å²) < 4.78 is 0. The molecule has 82 valence electrons. The summed E-state index contributed by atoms with van der Waals surface area (Å²) in [6, 6.07) is 13.5. The van der Waals surface area contributed by atoms with Crippen LogP contribution < -0.4 is 5.32 Å². The zero-order chi connectivity index (χ0) is 11.4. The average molecular weight is 214 g/mol. The molecule has 0 aliphatic heterocycles. The minimum atomic E-state index is -0.0821. The highest BCUT2D eigenvalue weighted by Gasteiger charge is 2.10. The van der Waals surface area contributed by atoms with Gasteiger partial charge in [-0.25, -0.2) is 0 Å². The van der Waals surface area contributed by atoms with Crippen LogP contribution in [0.25, 0.3) is 0 Å². The number of benzene rings is 1. The largest absolute Gasteiger partial charge is 0.357 e. The molecule has 1 aromatic carbocycles. The first kappa shape index (κ1) is 10.5. The summed E-state index contributed by atoms with van der Waals surface area (Å²) >= 11 is 0. The van der Waals surface area contributed by atoms with E-state index in [1.54, 1.807) is 12.3 Å². The van der Waals surface area contributed by atoms with Gasteiger partial charge in [-0.1, -0.05) is 30.3 Å². The van der Waals surface area contributed by atoms with Gasteiger partial charge in [-0.3, -0.25) is 4.79 Å². The number of H-pyrrole nitrogens is 1. The highest BCUT2D eigenvalue weighted by atomic mass is 16.1. The molecule has 1 amide bonds. The number of carbonyl (C=O) groups is 1. The molecule has 0 saturated heterocycles. The van der Waals surface area contributed by atoms with Gasteiger partial charge in [0.05, 0.1) is 6.04 Å². The molecule has 1 atom stereocenters. The molecule has 1 heterocycles. The Kier molecular flexibility index (Phi) is 3.05. The number of carbonyl (C=O) groups excluding carboxylic acids is 1. The van der Waals surface area contributed by atoms with E-state index >= 15 is 0 Å². The molecule has 0 fully saturated rings. The minimum Gasteiger partial charge on any atom is -0.357 e. The number of nitrogens with one attached hydrogen (secondary N) is 2. The number of amides is 1.